The molecule has 0 unspecified atom stereocenters. The molecule has 0 radical (unpaired) electrons. The number of piperidine rings is 1. The molecule has 8 heteroatoms. The Kier molecular flexibility index (Phi) is 7.19. The van der Waals surface area contributed by atoms with Crippen molar-refractivity contribution in [3.05, 3.63) is 78.4 Å². The second-order valence-corrected chi connectivity index (χ2v) is 10.1. The van der Waals surface area contributed by atoms with Gasteiger partial charge in [0, 0.05) is 19.0 Å². The fourth-order valence-corrected chi connectivity index (χ4v) is 5.70. The minimum absolute atomic E-state index is 0.144. The van der Waals surface area contributed by atoms with Crippen LogP contribution < -0.4 is 14.8 Å². The molecule has 178 valence electrons. The number of nitrogens with one attached hydrogen (secondary N) is 1. The Morgan fingerprint density at radius 1 is 0.941 bits per heavy atom. The standard InChI is InChI=1S/C26H28N2O5S/c1-19-12-13-24(32-2)25(18-19)34(30,31)28-16-14-20(15-17-28)26(29)27-22-10-6-7-11-23(22)33-21-8-4-3-5-9-21/h3-13,18,20H,14-17H2,1-2H3,(H,27,29). The SMILES string of the molecule is COc1ccc(C)cc1S(=O)(=O)N1CCC(C(=O)Nc2ccccc2Oc2ccccc2)CC1. The minimum atomic E-state index is -3.72. The van der Waals surface area contributed by atoms with Crippen LogP contribution in [-0.2, 0) is 14.8 Å². The van der Waals surface area contributed by atoms with Crippen LogP contribution >= 0.6 is 0 Å². The molecule has 1 aliphatic rings. The van der Waals surface area contributed by atoms with Crippen LogP contribution in [-0.4, -0.2) is 38.8 Å². The molecule has 0 aromatic heterocycles. The largest absolute Gasteiger partial charge is 0.495 e. The van der Waals surface area contributed by atoms with Gasteiger partial charge in [0.1, 0.15) is 16.4 Å². The highest BCUT2D eigenvalue weighted by atomic mass is 32.2. The molecular weight excluding hydrogens is 452 g/mol. The van der Waals surface area contributed by atoms with Crippen LogP contribution in [0.15, 0.2) is 77.7 Å². The summed E-state index contributed by atoms with van der Waals surface area (Å²) in [6.07, 6.45) is 0.863. The van der Waals surface area contributed by atoms with Crippen molar-refractivity contribution in [2.45, 2.75) is 24.7 Å². The topological polar surface area (TPSA) is 84.9 Å². The number of amides is 1. The first-order chi connectivity index (χ1) is 16.4. The summed E-state index contributed by atoms with van der Waals surface area (Å²) in [5.74, 6) is 1.10. The molecule has 7 nitrogen and oxygen atoms in total. The molecule has 3 aromatic carbocycles. The molecule has 0 bridgehead atoms. The predicted molar refractivity (Wildman–Crippen MR) is 131 cm³/mol. The number of rotatable bonds is 7. The van der Waals surface area contributed by atoms with E-state index < -0.39 is 10.0 Å². The van der Waals surface area contributed by atoms with Gasteiger partial charge in [0.05, 0.1) is 12.8 Å². The molecule has 3 aromatic rings. The van der Waals surface area contributed by atoms with Gasteiger partial charge >= 0.3 is 0 Å². The van der Waals surface area contributed by atoms with Crippen LogP contribution in [0.2, 0.25) is 0 Å². The van der Waals surface area contributed by atoms with Crippen LogP contribution in [0.4, 0.5) is 5.69 Å². The second kappa shape index (κ2) is 10.3. The molecule has 1 N–H and O–H groups in total. The van der Waals surface area contributed by atoms with Crippen LogP contribution in [0.5, 0.6) is 17.2 Å². The first-order valence-corrected chi connectivity index (χ1v) is 12.6. The molecular formula is C26H28N2O5S. The molecule has 34 heavy (non-hydrogen) atoms. The summed E-state index contributed by atoms with van der Waals surface area (Å²) >= 11 is 0. The Hall–Kier alpha value is -3.36. The van der Waals surface area contributed by atoms with Crippen molar-refractivity contribution in [3.63, 3.8) is 0 Å². The average molecular weight is 481 g/mol. The van der Waals surface area contributed by atoms with Crippen molar-refractivity contribution >= 4 is 21.6 Å². The lowest BCUT2D eigenvalue weighted by atomic mass is 9.97. The van der Waals surface area contributed by atoms with Gasteiger partial charge in [-0.1, -0.05) is 36.4 Å². The lowest BCUT2D eigenvalue weighted by Crippen LogP contribution is -2.41. The highest BCUT2D eigenvalue weighted by molar-refractivity contribution is 7.89. The van der Waals surface area contributed by atoms with Gasteiger partial charge in [-0.3, -0.25) is 4.79 Å². The number of carbonyl (C=O) groups is 1. The first kappa shape index (κ1) is 23.8. The number of benzene rings is 3. The van der Waals surface area contributed by atoms with E-state index in [0.29, 0.717) is 35.8 Å². The van der Waals surface area contributed by atoms with Gasteiger partial charge < -0.3 is 14.8 Å². The fraction of sp³-hybridized carbons (Fsp3) is 0.269. The third-order valence-electron chi connectivity index (χ3n) is 5.88. The number of hydrogen-bond donors (Lipinski definition) is 1. The molecule has 0 atom stereocenters. The lowest BCUT2D eigenvalue weighted by Gasteiger charge is -2.31. The quantitative estimate of drug-likeness (QED) is 0.523. The van der Waals surface area contributed by atoms with Gasteiger partial charge in [0.15, 0.2) is 5.75 Å². The summed E-state index contributed by atoms with van der Waals surface area (Å²) in [6, 6.07) is 21.7. The van der Waals surface area contributed by atoms with Gasteiger partial charge in [0.25, 0.3) is 0 Å². The molecule has 1 heterocycles. The Bertz CT molecular complexity index is 1250. The maximum Gasteiger partial charge on any atom is 0.246 e. The van der Waals surface area contributed by atoms with E-state index in [1.165, 1.54) is 11.4 Å². The molecule has 0 saturated carbocycles. The molecule has 4 rings (SSSR count). The number of para-hydroxylation sites is 3. The molecule has 0 spiro atoms. The summed E-state index contributed by atoms with van der Waals surface area (Å²) in [6.45, 7) is 2.37. The van der Waals surface area contributed by atoms with E-state index in [1.54, 1.807) is 24.3 Å². The van der Waals surface area contributed by atoms with E-state index in [-0.39, 0.29) is 29.8 Å². The van der Waals surface area contributed by atoms with Crippen LogP contribution in [0.25, 0.3) is 0 Å². The van der Waals surface area contributed by atoms with Crippen molar-refractivity contribution in [2.75, 3.05) is 25.5 Å². The first-order valence-electron chi connectivity index (χ1n) is 11.2. The van der Waals surface area contributed by atoms with Gasteiger partial charge in [-0.25, -0.2) is 8.42 Å². The van der Waals surface area contributed by atoms with Gasteiger partial charge in [-0.2, -0.15) is 4.31 Å². The Labute approximate surface area is 200 Å². The summed E-state index contributed by atoms with van der Waals surface area (Å²) < 4.78 is 39.1. The summed E-state index contributed by atoms with van der Waals surface area (Å²) in [4.78, 5) is 13.1. The molecule has 1 fully saturated rings. The molecule has 0 aliphatic carbocycles. The normalized spacial score (nSPS) is 15.0. The number of nitrogens with zero attached hydrogens (tertiary/aromatic N) is 1. The highest BCUT2D eigenvalue weighted by Crippen LogP contribution is 2.32. The van der Waals surface area contributed by atoms with Crippen LogP contribution in [0.3, 0.4) is 0 Å². The van der Waals surface area contributed by atoms with Crippen LogP contribution in [0, 0.1) is 12.8 Å². The van der Waals surface area contributed by atoms with Crippen molar-refractivity contribution < 1.29 is 22.7 Å². The maximum absolute atomic E-state index is 13.2. The maximum atomic E-state index is 13.2. The minimum Gasteiger partial charge on any atom is -0.495 e. The lowest BCUT2D eigenvalue weighted by molar-refractivity contribution is -0.120. The Morgan fingerprint density at radius 3 is 2.32 bits per heavy atom. The fourth-order valence-electron chi connectivity index (χ4n) is 3.99. The van der Waals surface area contributed by atoms with E-state index in [1.807, 2.05) is 55.5 Å². The van der Waals surface area contributed by atoms with Crippen molar-refractivity contribution in [1.29, 1.82) is 0 Å². The Morgan fingerprint density at radius 2 is 1.62 bits per heavy atom. The van der Waals surface area contributed by atoms with E-state index in [9.17, 15) is 13.2 Å². The van der Waals surface area contributed by atoms with Crippen molar-refractivity contribution in [1.82, 2.24) is 4.31 Å². The predicted octanol–water partition coefficient (Wildman–Crippen LogP) is 4.84. The van der Waals surface area contributed by atoms with Gasteiger partial charge in [-0.05, 0) is 61.7 Å². The number of anilines is 1. The number of ether oxygens (including phenoxy) is 2. The zero-order valence-electron chi connectivity index (χ0n) is 19.2. The zero-order chi connectivity index (χ0) is 24.1. The monoisotopic (exact) mass is 480 g/mol. The number of methoxy groups -OCH3 is 1. The van der Waals surface area contributed by atoms with Crippen LogP contribution in [0.1, 0.15) is 18.4 Å². The highest BCUT2D eigenvalue weighted by Gasteiger charge is 2.34. The second-order valence-electron chi connectivity index (χ2n) is 8.23. The van der Waals surface area contributed by atoms with Gasteiger partial charge in [-0.15, -0.1) is 0 Å². The van der Waals surface area contributed by atoms with E-state index in [2.05, 4.69) is 5.32 Å². The summed E-state index contributed by atoms with van der Waals surface area (Å²) in [5, 5.41) is 2.96. The number of sulfonamides is 1. The van der Waals surface area contributed by atoms with E-state index >= 15 is 0 Å². The number of hydrogen-bond acceptors (Lipinski definition) is 5. The summed E-state index contributed by atoms with van der Waals surface area (Å²) in [5.41, 5.74) is 1.42. The Balaban J connectivity index is 1.42. The third kappa shape index (κ3) is 5.24. The zero-order valence-corrected chi connectivity index (χ0v) is 20.0. The van der Waals surface area contributed by atoms with Crippen molar-refractivity contribution in [3.8, 4) is 17.2 Å². The third-order valence-corrected chi connectivity index (χ3v) is 7.80. The number of carbonyl (C=O) groups excluding carboxylic acids is 1. The smallest absolute Gasteiger partial charge is 0.246 e. The average Bonchev–Trinajstić information content (AvgIpc) is 2.86. The molecule has 1 aliphatic heterocycles. The van der Waals surface area contributed by atoms with Gasteiger partial charge in [0.2, 0.25) is 15.9 Å². The molecule has 1 amide bonds. The summed E-state index contributed by atoms with van der Waals surface area (Å²) in [7, 11) is -2.26. The van der Waals surface area contributed by atoms with Crippen molar-refractivity contribution in [2.24, 2.45) is 5.92 Å². The molecule has 1 saturated heterocycles. The van der Waals surface area contributed by atoms with E-state index in [0.717, 1.165) is 5.56 Å². The number of aryl methyl sites for hydroxylation is 1. The van der Waals surface area contributed by atoms with E-state index in [4.69, 9.17) is 9.47 Å².